The second-order valence-corrected chi connectivity index (χ2v) is 5.02. The second kappa shape index (κ2) is 5.85. The highest BCUT2D eigenvalue weighted by Gasteiger charge is 2.10. The van der Waals surface area contributed by atoms with Gasteiger partial charge in [-0.1, -0.05) is 60.7 Å². The SMILES string of the molecule is CC(N)c1nc(-c2ccccc2)cc(-c2ccccc2)n1. The molecule has 2 aromatic carbocycles. The van der Waals surface area contributed by atoms with Gasteiger partial charge in [-0.2, -0.15) is 0 Å². The Balaban J connectivity index is 2.16. The van der Waals surface area contributed by atoms with E-state index < -0.39 is 0 Å². The van der Waals surface area contributed by atoms with E-state index in [1.54, 1.807) is 0 Å². The molecular weight excluding hydrogens is 258 g/mol. The first-order valence-corrected chi connectivity index (χ1v) is 6.99. The van der Waals surface area contributed by atoms with Gasteiger partial charge in [0.25, 0.3) is 0 Å². The van der Waals surface area contributed by atoms with Crippen LogP contribution in [0.4, 0.5) is 0 Å². The first-order chi connectivity index (χ1) is 10.2. The van der Waals surface area contributed by atoms with Crippen molar-refractivity contribution in [2.75, 3.05) is 0 Å². The molecule has 1 unspecified atom stereocenters. The minimum Gasteiger partial charge on any atom is -0.322 e. The van der Waals surface area contributed by atoms with Crippen LogP contribution >= 0.6 is 0 Å². The highest BCUT2D eigenvalue weighted by molar-refractivity contribution is 5.67. The number of hydrogen-bond donors (Lipinski definition) is 1. The maximum Gasteiger partial charge on any atom is 0.146 e. The lowest BCUT2D eigenvalue weighted by atomic mass is 10.1. The van der Waals surface area contributed by atoms with Crippen molar-refractivity contribution in [2.24, 2.45) is 5.73 Å². The fourth-order valence-corrected chi connectivity index (χ4v) is 2.18. The monoisotopic (exact) mass is 275 g/mol. The summed E-state index contributed by atoms with van der Waals surface area (Å²) in [6, 6.07) is 22.0. The van der Waals surface area contributed by atoms with Crippen LogP contribution in [0.15, 0.2) is 66.7 Å². The van der Waals surface area contributed by atoms with E-state index in [1.165, 1.54) is 0 Å². The molecule has 1 heterocycles. The normalized spacial score (nSPS) is 12.1. The Morgan fingerprint density at radius 3 is 1.57 bits per heavy atom. The van der Waals surface area contributed by atoms with Crippen LogP contribution in [0.2, 0.25) is 0 Å². The summed E-state index contributed by atoms with van der Waals surface area (Å²) >= 11 is 0. The molecule has 0 aliphatic heterocycles. The van der Waals surface area contributed by atoms with Gasteiger partial charge in [-0.15, -0.1) is 0 Å². The zero-order chi connectivity index (χ0) is 14.7. The average Bonchev–Trinajstić information content (AvgIpc) is 2.56. The standard InChI is InChI=1S/C18H17N3/c1-13(19)18-20-16(14-8-4-2-5-9-14)12-17(21-18)15-10-6-3-7-11-15/h2-13H,19H2,1H3. The molecule has 0 saturated carbocycles. The van der Waals surface area contributed by atoms with E-state index in [9.17, 15) is 0 Å². The smallest absolute Gasteiger partial charge is 0.146 e. The van der Waals surface area contributed by atoms with E-state index in [0.717, 1.165) is 22.5 Å². The van der Waals surface area contributed by atoms with Crippen LogP contribution in [0.25, 0.3) is 22.5 Å². The topological polar surface area (TPSA) is 51.8 Å². The van der Waals surface area contributed by atoms with Crippen molar-refractivity contribution in [1.82, 2.24) is 9.97 Å². The van der Waals surface area contributed by atoms with Crippen molar-refractivity contribution >= 4 is 0 Å². The van der Waals surface area contributed by atoms with E-state index >= 15 is 0 Å². The van der Waals surface area contributed by atoms with E-state index in [2.05, 4.69) is 9.97 Å². The molecule has 0 saturated heterocycles. The predicted octanol–water partition coefficient (Wildman–Crippen LogP) is 3.83. The molecule has 0 spiro atoms. The lowest BCUT2D eigenvalue weighted by Crippen LogP contribution is -2.11. The quantitative estimate of drug-likeness (QED) is 0.790. The van der Waals surface area contributed by atoms with Gasteiger partial charge >= 0.3 is 0 Å². The van der Waals surface area contributed by atoms with E-state index in [1.807, 2.05) is 73.7 Å². The minimum absolute atomic E-state index is 0.198. The van der Waals surface area contributed by atoms with E-state index in [0.29, 0.717) is 5.82 Å². The number of benzene rings is 2. The molecule has 0 bridgehead atoms. The Labute approximate surface area is 124 Å². The summed E-state index contributed by atoms with van der Waals surface area (Å²) in [5, 5.41) is 0. The Morgan fingerprint density at radius 1 is 0.762 bits per heavy atom. The third-order valence-corrected chi connectivity index (χ3v) is 3.29. The molecule has 0 fully saturated rings. The fourth-order valence-electron chi connectivity index (χ4n) is 2.18. The fraction of sp³-hybridized carbons (Fsp3) is 0.111. The van der Waals surface area contributed by atoms with Crippen molar-refractivity contribution in [1.29, 1.82) is 0 Å². The first kappa shape index (κ1) is 13.5. The Morgan fingerprint density at radius 2 is 1.19 bits per heavy atom. The lowest BCUT2D eigenvalue weighted by molar-refractivity contribution is 0.742. The molecule has 0 amide bonds. The maximum atomic E-state index is 5.98. The van der Waals surface area contributed by atoms with E-state index in [-0.39, 0.29) is 6.04 Å². The molecule has 0 aliphatic rings. The summed E-state index contributed by atoms with van der Waals surface area (Å²) in [6.45, 7) is 1.90. The second-order valence-electron chi connectivity index (χ2n) is 5.02. The molecule has 2 N–H and O–H groups in total. The summed E-state index contributed by atoms with van der Waals surface area (Å²) in [7, 11) is 0. The van der Waals surface area contributed by atoms with Crippen LogP contribution < -0.4 is 5.73 Å². The molecule has 3 rings (SSSR count). The number of nitrogens with zero attached hydrogens (tertiary/aromatic N) is 2. The Hall–Kier alpha value is -2.52. The van der Waals surface area contributed by atoms with Crippen LogP contribution in [0, 0.1) is 0 Å². The average molecular weight is 275 g/mol. The van der Waals surface area contributed by atoms with Gasteiger partial charge in [0.05, 0.1) is 17.4 Å². The summed E-state index contributed by atoms with van der Waals surface area (Å²) < 4.78 is 0. The van der Waals surface area contributed by atoms with Gasteiger partial charge in [-0.3, -0.25) is 0 Å². The summed E-state index contributed by atoms with van der Waals surface area (Å²) in [6.07, 6.45) is 0. The number of nitrogens with two attached hydrogens (primary N) is 1. The molecule has 104 valence electrons. The van der Waals surface area contributed by atoms with Crippen molar-refractivity contribution in [2.45, 2.75) is 13.0 Å². The zero-order valence-corrected chi connectivity index (χ0v) is 11.9. The molecular formula is C18H17N3. The summed E-state index contributed by atoms with van der Waals surface area (Å²) in [5.41, 5.74) is 9.92. The van der Waals surface area contributed by atoms with Gasteiger partial charge in [-0.25, -0.2) is 9.97 Å². The lowest BCUT2D eigenvalue weighted by Gasteiger charge is -2.10. The largest absolute Gasteiger partial charge is 0.322 e. The predicted molar refractivity (Wildman–Crippen MR) is 85.5 cm³/mol. The zero-order valence-electron chi connectivity index (χ0n) is 11.9. The van der Waals surface area contributed by atoms with Gasteiger partial charge in [0.1, 0.15) is 5.82 Å². The van der Waals surface area contributed by atoms with Crippen LogP contribution in [-0.4, -0.2) is 9.97 Å². The third-order valence-electron chi connectivity index (χ3n) is 3.29. The van der Waals surface area contributed by atoms with E-state index in [4.69, 9.17) is 5.73 Å². The third kappa shape index (κ3) is 2.98. The van der Waals surface area contributed by atoms with Crippen molar-refractivity contribution < 1.29 is 0 Å². The van der Waals surface area contributed by atoms with Crippen LogP contribution in [0.5, 0.6) is 0 Å². The van der Waals surface area contributed by atoms with Gasteiger partial charge in [0.2, 0.25) is 0 Å². The Bertz CT molecular complexity index is 664. The highest BCUT2D eigenvalue weighted by atomic mass is 14.9. The highest BCUT2D eigenvalue weighted by Crippen LogP contribution is 2.24. The molecule has 3 aromatic rings. The van der Waals surface area contributed by atoms with Gasteiger partial charge in [0, 0.05) is 11.1 Å². The molecule has 3 nitrogen and oxygen atoms in total. The molecule has 1 atom stereocenters. The molecule has 1 aromatic heterocycles. The maximum absolute atomic E-state index is 5.98. The first-order valence-electron chi connectivity index (χ1n) is 6.99. The van der Waals surface area contributed by atoms with Gasteiger partial charge in [0.15, 0.2) is 0 Å². The molecule has 3 heteroatoms. The Kier molecular flexibility index (Phi) is 3.75. The van der Waals surface area contributed by atoms with Crippen LogP contribution in [0.3, 0.4) is 0 Å². The molecule has 21 heavy (non-hydrogen) atoms. The number of aromatic nitrogens is 2. The molecule has 0 aliphatic carbocycles. The number of hydrogen-bond acceptors (Lipinski definition) is 3. The van der Waals surface area contributed by atoms with Crippen LogP contribution in [-0.2, 0) is 0 Å². The van der Waals surface area contributed by atoms with Gasteiger partial charge in [-0.05, 0) is 13.0 Å². The van der Waals surface area contributed by atoms with Crippen LogP contribution in [0.1, 0.15) is 18.8 Å². The van der Waals surface area contributed by atoms with Gasteiger partial charge < -0.3 is 5.73 Å². The summed E-state index contributed by atoms with van der Waals surface area (Å²) in [4.78, 5) is 9.19. The minimum atomic E-state index is -0.198. The molecule has 0 radical (unpaired) electrons. The van der Waals surface area contributed by atoms with Crippen molar-refractivity contribution in [3.63, 3.8) is 0 Å². The van der Waals surface area contributed by atoms with Crippen molar-refractivity contribution in [3.8, 4) is 22.5 Å². The number of rotatable bonds is 3. The van der Waals surface area contributed by atoms with Crippen molar-refractivity contribution in [3.05, 3.63) is 72.6 Å². The summed E-state index contributed by atoms with van der Waals surface area (Å²) in [5.74, 6) is 0.662.